The van der Waals surface area contributed by atoms with Crippen LogP contribution in [0.15, 0.2) is 28.8 Å². The molecule has 2 amide bonds. The fourth-order valence-corrected chi connectivity index (χ4v) is 4.34. The van der Waals surface area contributed by atoms with Crippen molar-refractivity contribution in [3.8, 4) is 0 Å². The number of benzene rings is 1. The first-order valence-corrected chi connectivity index (χ1v) is 9.98. The molecule has 28 heavy (non-hydrogen) atoms. The van der Waals surface area contributed by atoms with Gasteiger partial charge in [-0.05, 0) is 39.2 Å². The third-order valence-corrected chi connectivity index (χ3v) is 6.13. The maximum Gasteiger partial charge on any atom is 0.228 e. The number of aromatic nitrogens is 1. The lowest BCUT2D eigenvalue weighted by Crippen LogP contribution is -2.47. The Morgan fingerprint density at radius 1 is 1.14 bits per heavy atom. The maximum absolute atomic E-state index is 13.1. The second kappa shape index (κ2) is 7.41. The van der Waals surface area contributed by atoms with Crippen LogP contribution in [0.1, 0.15) is 41.0 Å². The largest absolute Gasteiger partial charge is 0.361 e. The highest BCUT2D eigenvalue weighted by molar-refractivity contribution is 5.84. The highest BCUT2D eigenvalue weighted by atomic mass is 16.5. The zero-order valence-corrected chi connectivity index (χ0v) is 16.8. The van der Waals surface area contributed by atoms with Crippen molar-refractivity contribution in [2.75, 3.05) is 13.1 Å². The number of rotatable bonds is 4. The molecule has 0 N–H and O–H groups in total. The first-order valence-electron chi connectivity index (χ1n) is 9.98. The summed E-state index contributed by atoms with van der Waals surface area (Å²) >= 11 is 0. The fourth-order valence-electron chi connectivity index (χ4n) is 4.34. The van der Waals surface area contributed by atoms with Crippen molar-refractivity contribution in [2.24, 2.45) is 5.92 Å². The predicted molar refractivity (Wildman–Crippen MR) is 105 cm³/mol. The number of carbonyl (C=O) groups is 2. The minimum absolute atomic E-state index is 0.0573. The summed E-state index contributed by atoms with van der Waals surface area (Å²) in [5, 5.41) is 4.01. The Morgan fingerprint density at radius 2 is 1.89 bits per heavy atom. The average molecular weight is 381 g/mol. The van der Waals surface area contributed by atoms with E-state index in [4.69, 9.17) is 4.52 Å². The van der Waals surface area contributed by atoms with E-state index in [1.54, 1.807) is 0 Å². The Bertz CT molecular complexity index is 867. The number of aryl methyl sites for hydroxylation is 3. The second-order valence-corrected chi connectivity index (χ2v) is 8.16. The molecule has 3 saturated heterocycles. The van der Waals surface area contributed by atoms with E-state index in [0.29, 0.717) is 26.1 Å². The molecule has 0 aliphatic carbocycles. The van der Waals surface area contributed by atoms with Crippen molar-refractivity contribution in [1.29, 1.82) is 0 Å². The monoisotopic (exact) mass is 381 g/mol. The SMILES string of the molecule is Cc1ccc(CC(=O)N2C[C@H]3CC[C@@H](C2)N(Cc2c(C)noc2C)C3=O)cc1. The molecule has 4 heterocycles. The van der Waals surface area contributed by atoms with Crippen LogP contribution in [0.2, 0.25) is 0 Å². The minimum Gasteiger partial charge on any atom is -0.361 e. The van der Waals surface area contributed by atoms with Crippen molar-refractivity contribution in [1.82, 2.24) is 15.0 Å². The van der Waals surface area contributed by atoms with Crippen LogP contribution in [0.5, 0.6) is 0 Å². The van der Waals surface area contributed by atoms with E-state index in [0.717, 1.165) is 35.4 Å². The van der Waals surface area contributed by atoms with E-state index in [1.807, 2.05) is 54.8 Å². The molecule has 0 radical (unpaired) electrons. The standard InChI is InChI=1S/C22H27N3O3/c1-14-4-6-17(7-5-14)10-21(26)24-11-18-8-9-19(12-24)25(22(18)27)13-20-15(2)23-28-16(20)3/h4-7,18-19H,8-13H2,1-3H3/t18-,19+/m1/s1. The van der Waals surface area contributed by atoms with Gasteiger partial charge in [-0.1, -0.05) is 35.0 Å². The quantitative estimate of drug-likeness (QED) is 0.817. The number of piperidine rings is 1. The molecule has 148 valence electrons. The normalized spacial score (nSPS) is 21.9. The number of carbonyl (C=O) groups excluding carboxylic acids is 2. The highest BCUT2D eigenvalue weighted by Crippen LogP contribution is 2.31. The third-order valence-electron chi connectivity index (χ3n) is 6.13. The van der Waals surface area contributed by atoms with Crippen molar-refractivity contribution in [2.45, 2.75) is 52.6 Å². The Morgan fingerprint density at radius 3 is 2.57 bits per heavy atom. The lowest BCUT2D eigenvalue weighted by Gasteiger charge is -2.35. The van der Waals surface area contributed by atoms with Gasteiger partial charge in [0.25, 0.3) is 0 Å². The van der Waals surface area contributed by atoms with Crippen molar-refractivity contribution in [3.63, 3.8) is 0 Å². The molecule has 1 aromatic heterocycles. The van der Waals surface area contributed by atoms with Crippen molar-refractivity contribution in [3.05, 3.63) is 52.4 Å². The Labute approximate surface area is 165 Å². The number of hydrogen-bond donors (Lipinski definition) is 0. The van der Waals surface area contributed by atoms with Crippen LogP contribution in [-0.4, -0.2) is 45.9 Å². The van der Waals surface area contributed by atoms with E-state index >= 15 is 0 Å². The molecule has 3 fully saturated rings. The van der Waals surface area contributed by atoms with Gasteiger partial charge in [0.1, 0.15) is 5.76 Å². The molecule has 5 rings (SSSR count). The number of fused-ring (bicyclic) bond motifs is 4. The lowest BCUT2D eigenvalue weighted by atomic mass is 9.93. The summed E-state index contributed by atoms with van der Waals surface area (Å²) in [7, 11) is 0. The smallest absolute Gasteiger partial charge is 0.228 e. The summed E-state index contributed by atoms with van der Waals surface area (Å²) in [6, 6.07) is 8.14. The van der Waals surface area contributed by atoms with Crippen LogP contribution in [-0.2, 0) is 22.6 Å². The van der Waals surface area contributed by atoms with Crippen LogP contribution in [0.4, 0.5) is 0 Å². The van der Waals surface area contributed by atoms with Gasteiger partial charge in [-0.3, -0.25) is 9.59 Å². The van der Waals surface area contributed by atoms with Gasteiger partial charge in [0, 0.05) is 24.7 Å². The van der Waals surface area contributed by atoms with Gasteiger partial charge in [0.15, 0.2) is 0 Å². The van der Waals surface area contributed by atoms with E-state index in [-0.39, 0.29) is 23.8 Å². The summed E-state index contributed by atoms with van der Waals surface area (Å²) in [6.07, 6.45) is 2.18. The summed E-state index contributed by atoms with van der Waals surface area (Å²) in [5.41, 5.74) is 4.02. The lowest BCUT2D eigenvalue weighted by molar-refractivity contribution is -0.140. The summed E-state index contributed by atoms with van der Waals surface area (Å²) < 4.78 is 5.27. The topological polar surface area (TPSA) is 66.7 Å². The molecule has 2 bridgehead atoms. The second-order valence-electron chi connectivity index (χ2n) is 8.16. The van der Waals surface area contributed by atoms with Gasteiger partial charge in [-0.2, -0.15) is 0 Å². The molecular weight excluding hydrogens is 354 g/mol. The van der Waals surface area contributed by atoms with Crippen LogP contribution < -0.4 is 0 Å². The summed E-state index contributed by atoms with van der Waals surface area (Å²) in [6.45, 7) is 7.48. The molecule has 6 heteroatoms. The Hall–Kier alpha value is -2.63. The van der Waals surface area contributed by atoms with Gasteiger partial charge in [0.2, 0.25) is 11.8 Å². The van der Waals surface area contributed by atoms with Crippen LogP contribution >= 0.6 is 0 Å². The number of nitrogens with zero attached hydrogens (tertiary/aromatic N) is 3. The van der Waals surface area contributed by atoms with Crippen molar-refractivity contribution >= 4 is 11.8 Å². The molecule has 3 aliphatic heterocycles. The van der Waals surface area contributed by atoms with E-state index in [2.05, 4.69) is 5.16 Å². The summed E-state index contributed by atoms with van der Waals surface area (Å²) in [5.74, 6) is 0.911. The van der Waals surface area contributed by atoms with Crippen LogP contribution in [0.25, 0.3) is 0 Å². The van der Waals surface area contributed by atoms with Gasteiger partial charge >= 0.3 is 0 Å². The molecule has 6 nitrogen and oxygen atoms in total. The molecule has 1 aromatic carbocycles. The molecule has 3 aliphatic rings. The van der Waals surface area contributed by atoms with Gasteiger partial charge in [0.05, 0.1) is 24.6 Å². The molecule has 0 saturated carbocycles. The van der Waals surface area contributed by atoms with E-state index < -0.39 is 0 Å². The van der Waals surface area contributed by atoms with Crippen molar-refractivity contribution < 1.29 is 14.1 Å². The highest BCUT2D eigenvalue weighted by Gasteiger charge is 2.42. The van der Waals surface area contributed by atoms with Gasteiger partial charge < -0.3 is 14.3 Å². The number of amides is 2. The first-order chi connectivity index (χ1) is 13.4. The summed E-state index contributed by atoms with van der Waals surface area (Å²) in [4.78, 5) is 29.8. The van der Waals surface area contributed by atoms with Crippen LogP contribution in [0.3, 0.4) is 0 Å². The first kappa shape index (κ1) is 18.7. The molecule has 0 spiro atoms. The maximum atomic E-state index is 13.1. The van der Waals surface area contributed by atoms with Crippen LogP contribution in [0, 0.1) is 26.7 Å². The van der Waals surface area contributed by atoms with E-state index in [1.165, 1.54) is 5.56 Å². The third kappa shape index (κ3) is 3.55. The van der Waals surface area contributed by atoms with Gasteiger partial charge in [-0.15, -0.1) is 0 Å². The predicted octanol–water partition coefficient (Wildman–Crippen LogP) is 2.79. The Balaban J connectivity index is 1.50. The molecule has 2 atom stereocenters. The average Bonchev–Trinajstić information content (AvgIpc) is 2.85. The zero-order chi connectivity index (χ0) is 19.8. The molecular formula is C22H27N3O3. The van der Waals surface area contributed by atoms with E-state index in [9.17, 15) is 9.59 Å². The number of hydrogen-bond acceptors (Lipinski definition) is 4. The molecule has 0 unspecified atom stereocenters. The molecule has 2 aromatic rings. The fraction of sp³-hybridized carbons (Fsp3) is 0.500. The zero-order valence-electron chi connectivity index (χ0n) is 16.8. The minimum atomic E-state index is -0.110. The Kier molecular flexibility index (Phi) is 4.96. The van der Waals surface area contributed by atoms with Gasteiger partial charge in [-0.25, -0.2) is 0 Å².